The normalized spacial score (nSPS) is 13.1. The van der Waals surface area contributed by atoms with Crippen LogP contribution in [0.3, 0.4) is 0 Å². The molecule has 0 bridgehead atoms. The molecule has 0 nitrogen and oxygen atoms in total. The Kier molecular flexibility index (Phi) is 5.58. The highest BCUT2D eigenvalue weighted by Crippen LogP contribution is 2.40. The lowest BCUT2D eigenvalue weighted by Gasteiger charge is -2.22. The fraction of sp³-hybridized carbons (Fsp3) is 0.280. The minimum atomic E-state index is -5.17. The van der Waals surface area contributed by atoms with Crippen LogP contribution in [0.1, 0.15) is 42.0 Å². The molecule has 4 rings (SSSR count). The van der Waals surface area contributed by atoms with E-state index in [2.05, 4.69) is 13.0 Å². The van der Waals surface area contributed by atoms with Gasteiger partial charge in [-0.25, -0.2) is 13.2 Å². The average molecular weight is 434 g/mol. The fourth-order valence-electron chi connectivity index (χ4n) is 4.22. The smallest absolute Gasteiger partial charge is 0.206 e. The second-order valence-electron chi connectivity index (χ2n) is 7.90. The van der Waals surface area contributed by atoms with Crippen molar-refractivity contribution in [1.82, 2.24) is 0 Å². The Hall–Kier alpha value is -2.76. The van der Waals surface area contributed by atoms with E-state index < -0.39 is 29.2 Å². The monoisotopic (exact) mass is 434 g/mol. The van der Waals surface area contributed by atoms with Crippen LogP contribution < -0.4 is 0 Å². The van der Waals surface area contributed by atoms with Gasteiger partial charge in [0.15, 0.2) is 0 Å². The van der Waals surface area contributed by atoms with E-state index in [1.165, 1.54) is 17.7 Å². The molecule has 0 saturated heterocycles. The Morgan fingerprint density at radius 3 is 2.00 bits per heavy atom. The maximum Gasteiger partial charge on any atom is 0.422 e. The molecule has 0 N–H and O–H groups in total. The van der Waals surface area contributed by atoms with Gasteiger partial charge >= 0.3 is 6.18 Å². The average Bonchev–Trinajstić information content (AvgIpc) is 2.69. The zero-order chi connectivity index (χ0) is 22.3. The first-order valence-electron chi connectivity index (χ1n) is 10.2. The third-order valence-electron chi connectivity index (χ3n) is 5.77. The molecule has 6 heteroatoms. The Morgan fingerprint density at radius 1 is 0.742 bits per heavy atom. The molecule has 0 radical (unpaired) electrons. The lowest BCUT2D eigenvalue weighted by atomic mass is 9.83. The molecule has 0 aliphatic heterocycles. The lowest BCUT2D eigenvalue weighted by molar-refractivity contribution is -0.142. The summed E-state index contributed by atoms with van der Waals surface area (Å²) in [6, 6.07) is 9.99. The van der Waals surface area contributed by atoms with E-state index >= 15 is 0 Å². The topological polar surface area (TPSA) is 0 Å². The van der Waals surface area contributed by atoms with E-state index in [9.17, 15) is 26.3 Å². The molecule has 0 spiro atoms. The van der Waals surface area contributed by atoms with E-state index in [0.29, 0.717) is 24.1 Å². The van der Waals surface area contributed by atoms with Gasteiger partial charge < -0.3 is 0 Å². The number of hydrogen-bond donors (Lipinski definition) is 0. The Balaban J connectivity index is 1.75. The molecule has 0 fully saturated rings. The van der Waals surface area contributed by atoms with Crippen LogP contribution in [0.25, 0.3) is 22.3 Å². The maximum absolute atomic E-state index is 14.9. The van der Waals surface area contributed by atoms with Crippen molar-refractivity contribution in [2.75, 3.05) is 0 Å². The molecule has 3 aromatic carbocycles. The molecule has 0 amide bonds. The third kappa shape index (κ3) is 4.08. The van der Waals surface area contributed by atoms with Crippen LogP contribution in [-0.4, -0.2) is 0 Å². The second kappa shape index (κ2) is 8.06. The Morgan fingerprint density at radius 2 is 1.39 bits per heavy atom. The van der Waals surface area contributed by atoms with Crippen molar-refractivity contribution in [1.29, 1.82) is 0 Å². The summed E-state index contributed by atoms with van der Waals surface area (Å²) in [5, 5.41) is 0. The number of benzene rings is 3. The summed E-state index contributed by atoms with van der Waals surface area (Å²) in [5.41, 5.74) is 2.43. The molecular formula is C25H20F6. The largest absolute Gasteiger partial charge is 0.422 e. The molecular weight excluding hydrogens is 414 g/mol. The molecule has 0 atom stereocenters. The molecule has 0 aromatic heterocycles. The fourth-order valence-corrected chi connectivity index (χ4v) is 4.22. The van der Waals surface area contributed by atoms with E-state index in [4.69, 9.17) is 0 Å². The maximum atomic E-state index is 14.9. The van der Waals surface area contributed by atoms with Gasteiger partial charge in [-0.05, 0) is 83.3 Å². The van der Waals surface area contributed by atoms with Crippen molar-refractivity contribution in [2.24, 2.45) is 0 Å². The summed E-state index contributed by atoms with van der Waals surface area (Å²) in [7, 11) is 0. The molecule has 1 aliphatic carbocycles. The number of alkyl halides is 3. The van der Waals surface area contributed by atoms with Gasteiger partial charge in [0.1, 0.15) is 23.0 Å². The lowest BCUT2D eigenvalue weighted by Crippen LogP contribution is -2.11. The van der Waals surface area contributed by atoms with E-state index in [1.807, 2.05) is 12.1 Å². The van der Waals surface area contributed by atoms with Crippen LogP contribution >= 0.6 is 0 Å². The summed E-state index contributed by atoms with van der Waals surface area (Å²) in [4.78, 5) is 0. The van der Waals surface area contributed by atoms with Gasteiger partial charge in [0, 0.05) is 5.56 Å². The number of aryl methyl sites for hydroxylation is 3. The number of fused-ring (bicyclic) bond motifs is 3. The first-order valence-corrected chi connectivity index (χ1v) is 10.2. The van der Waals surface area contributed by atoms with E-state index in [0.717, 1.165) is 42.4 Å². The second-order valence-corrected chi connectivity index (χ2v) is 7.90. The zero-order valence-electron chi connectivity index (χ0n) is 16.8. The van der Waals surface area contributed by atoms with Crippen LogP contribution in [0.4, 0.5) is 26.3 Å². The van der Waals surface area contributed by atoms with Crippen molar-refractivity contribution in [3.63, 3.8) is 0 Å². The van der Waals surface area contributed by atoms with E-state index in [-0.39, 0.29) is 11.1 Å². The highest BCUT2D eigenvalue weighted by molar-refractivity contribution is 5.78. The molecule has 1 aliphatic rings. The van der Waals surface area contributed by atoms with Crippen LogP contribution in [-0.2, 0) is 25.4 Å². The van der Waals surface area contributed by atoms with Crippen LogP contribution in [0.5, 0.6) is 0 Å². The number of unbranched alkanes of at least 4 members (excludes halogenated alkanes) is 1. The van der Waals surface area contributed by atoms with Crippen molar-refractivity contribution in [3.8, 4) is 22.3 Å². The van der Waals surface area contributed by atoms with Gasteiger partial charge in [0.05, 0.1) is 0 Å². The van der Waals surface area contributed by atoms with Crippen molar-refractivity contribution >= 4 is 0 Å². The quantitative estimate of drug-likeness (QED) is 0.366. The SMILES string of the molecule is CCCCc1ccc2c(c1)CCc1cc(-c3cc(F)c(C(F)(F)F)c(F)c3)c(F)cc1-2. The molecule has 162 valence electrons. The summed E-state index contributed by atoms with van der Waals surface area (Å²) in [5.74, 6) is -4.26. The predicted octanol–water partition coefficient (Wildman–Crippen LogP) is 7.90. The molecule has 0 heterocycles. The third-order valence-corrected chi connectivity index (χ3v) is 5.77. The molecule has 3 aromatic rings. The summed E-state index contributed by atoms with van der Waals surface area (Å²) < 4.78 is 81.4. The standard InChI is InChI=1S/C25H20F6/c1-2-3-4-14-5-8-18-15(9-14)6-7-16-10-20(21(26)13-19(16)18)17-11-22(27)24(23(28)12-17)25(29,30)31/h5,8-13H,2-4,6-7H2,1H3. The summed E-state index contributed by atoms with van der Waals surface area (Å²) in [6.07, 6.45) is -0.649. The number of rotatable bonds is 4. The number of halogens is 6. The Labute approximate surface area is 176 Å². The van der Waals surface area contributed by atoms with Crippen molar-refractivity contribution in [2.45, 2.75) is 45.2 Å². The number of hydrogen-bond acceptors (Lipinski definition) is 0. The van der Waals surface area contributed by atoms with Gasteiger partial charge in [-0.1, -0.05) is 31.5 Å². The van der Waals surface area contributed by atoms with Gasteiger partial charge in [-0.2, -0.15) is 13.2 Å². The van der Waals surface area contributed by atoms with Gasteiger partial charge in [-0.15, -0.1) is 0 Å². The van der Waals surface area contributed by atoms with Crippen molar-refractivity contribution in [3.05, 3.63) is 82.2 Å². The Bertz CT molecular complexity index is 1120. The van der Waals surface area contributed by atoms with Gasteiger partial charge in [0.25, 0.3) is 0 Å². The minimum absolute atomic E-state index is 0.117. The van der Waals surface area contributed by atoms with Crippen LogP contribution in [0.2, 0.25) is 0 Å². The summed E-state index contributed by atoms with van der Waals surface area (Å²) in [6.45, 7) is 2.13. The molecule has 0 unspecified atom stereocenters. The highest BCUT2D eigenvalue weighted by Gasteiger charge is 2.38. The molecule has 31 heavy (non-hydrogen) atoms. The summed E-state index contributed by atoms with van der Waals surface area (Å²) >= 11 is 0. The van der Waals surface area contributed by atoms with E-state index in [1.54, 1.807) is 0 Å². The van der Waals surface area contributed by atoms with Crippen LogP contribution in [0, 0.1) is 17.5 Å². The molecule has 0 saturated carbocycles. The zero-order valence-corrected chi connectivity index (χ0v) is 16.8. The van der Waals surface area contributed by atoms with Gasteiger partial charge in [0.2, 0.25) is 0 Å². The van der Waals surface area contributed by atoms with Crippen molar-refractivity contribution < 1.29 is 26.3 Å². The minimum Gasteiger partial charge on any atom is -0.206 e. The highest BCUT2D eigenvalue weighted by atomic mass is 19.4. The van der Waals surface area contributed by atoms with Gasteiger partial charge in [-0.3, -0.25) is 0 Å². The first-order chi connectivity index (χ1) is 14.7. The predicted molar refractivity (Wildman–Crippen MR) is 108 cm³/mol. The van der Waals surface area contributed by atoms with Crippen LogP contribution in [0.15, 0.2) is 42.5 Å². The first kappa shape index (κ1) is 21.5.